The van der Waals surface area contributed by atoms with E-state index in [-0.39, 0.29) is 29.1 Å². The van der Waals surface area contributed by atoms with Crippen LogP contribution < -0.4 is 10.6 Å². The molecule has 3 aliphatic heterocycles. The first kappa shape index (κ1) is 27.0. The molecule has 3 fully saturated rings. The van der Waals surface area contributed by atoms with Gasteiger partial charge in [0.05, 0.1) is 16.6 Å². The van der Waals surface area contributed by atoms with Crippen molar-refractivity contribution >= 4 is 29.5 Å². The van der Waals surface area contributed by atoms with Crippen molar-refractivity contribution in [1.82, 2.24) is 15.5 Å². The summed E-state index contributed by atoms with van der Waals surface area (Å²) in [4.78, 5) is 43.1. The Balaban J connectivity index is 1.59. The van der Waals surface area contributed by atoms with E-state index in [0.717, 1.165) is 44.1 Å². The van der Waals surface area contributed by atoms with E-state index in [0.29, 0.717) is 13.1 Å². The number of nitrogens with one attached hydrogen (secondary N) is 2. The molecule has 8 heteroatoms. The lowest BCUT2D eigenvalue weighted by molar-refractivity contribution is -0.141. The van der Waals surface area contributed by atoms with E-state index in [1.54, 1.807) is 16.7 Å². The van der Waals surface area contributed by atoms with Crippen molar-refractivity contribution in [2.45, 2.75) is 93.8 Å². The average Bonchev–Trinajstić information content (AvgIpc) is 3.38. The van der Waals surface area contributed by atoms with Crippen LogP contribution in [0.4, 0.5) is 0 Å². The first-order valence-electron chi connectivity index (χ1n) is 13.3. The van der Waals surface area contributed by atoms with Crippen molar-refractivity contribution in [3.63, 3.8) is 0 Å². The van der Waals surface area contributed by atoms with Crippen molar-refractivity contribution < 1.29 is 19.5 Å². The number of nitrogens with zero attached hydrogens (tertiary/aromatic N) is 1. The number of carbonyl (C=O) groups excluding carboxylic acids is 3. The van der Waals surface area contributed by atoms with Gasteiger partial charge in [0.1, 0.15) is 6.04 Å². The van der Waals surface area contributed by atoms with Gasteiger partial charge in [-0.25, -0.2) is 0 Å². The predicted molar refractivity (Wildman–Crippen MR) is 142 cm³/mol. The Morgan fingerprint density at radius 1 is 1.08 bits per heavy atom. The zero-order chi connectivity index (χ0) is 26.1. The molecule has 1 aromatic carbocycles. The minimum atomic E-state index is -0.582. The lowest BCUT2D eigenvalue weighted by Gasteiger charge is -2.36. The number of aliphatic hydroxyl groups excluding tert-OH is 1. The number of amides is 3. The molecule has 2 bridgehead atoms. The second kappa shape index (κ2) is 10.4. The van der Waals surface area contributed by atoms with Crippen LogP contribution in [0.5, 0.6) is 0 Å². The van der Waals surface area contributed by atoms with E-state index in [1.807, 2.05) is 51.1 Å². The van der Waals surface area contributed by atoms with Gasteiger partial charge in [0, 0.05) is 30.0 Å². The molecule has 0 aromatic heterocycles. The molecule has 3 N–H and O–H groups in total. The molecule has 1 aromatic rings. The number of thioether (sulfide) groups is 1. The minimum Gasteiger partial charge on any atom is -0.396 e. The van der Waals surface area contributed by atoms with Gasteiger partial charge in [-0.15, -0.1) is 11.8 Å². The smallest absolute Gasteiger partial charge is 0.244 e. The van der Waals surface area contributed by atoms with Crippen LogP contribution in [0.2, 0.25) is 0 Å². The fourth-order valence-corrected chi connectivity index (χ4v) is 8.80. The Bertz CT molecular complexity index is 981. The third kappa shape index (κ3) is 5.03. The van der Waals surface area contributed by atoms with E-state index >= 15 is 0 Å². The number of likely N-dealkylation sites (tertiary alicyclic amines) is 1. The van der Waals surface area contributed by atoms with Crippen molar-refractivity contribution in [3.8, 4) is 0 Å². The minimum absolute atomic E-state index is 0.0537. The largest absolute Gasteiger partial charge is 0.396 e. The van der Waals surface area contributed by atoms with Crippen LogP contribution in [0, 0.1) is 11.8 Å². The van der Waals surface area contributed by atoms with Gasteiger partial charge in [-0.3, -0.25) is 14.4 Å². The normalized spacial score (nSPS) is 31.0. The summed E-state index contributed by atoms with van der Waals surface area (Å²) in [6.45, 7) is 9.05. The number of rotatable bonds is 10. The van der Waals surface area contributed by atoms with E-state index in [1.165, 1.54) is 0 Å². The molecule has 198 valence electrons. The van der Waals surface area contributed by atoms with Gasteiger partial charge in [-0.1, -0.05) is 43.2 Å². The number of carbonyl (C=O) groups is 3. The molecular weight excluding hydrogens is 474 g/mol. The molecule has 3 heterocycles. The Morgan fingerprint density at radius 2 is 1.78 bits per heavy atom. The number of hydrogen-bond donors (Lipinski definition) is 3. The lowest BCUT2D eigenvalue weighted by atomic mass is 9.66. The van der Waals surface area contributed by atoms with Gasteiger partial charge in [-0.05, 0) is 58.9 Å². The number of unbranched alkanes of at least 4 members (excludes halogenated alkanes) is 3. The molecule has 2 unspecified atom stereocenters. The SMILES string of the molecule is CC(C)(C)NC(=O)C1N(CCCCCCO)C(=O)[C@@H]2[C@H](C(=O)NCc3ccccc3)[C@]3(C)CCC12S3. The zero-order valence-corrected chi connectivity index (χ0v) is 22.8. The molecule has 0 saturated carbocycles. The molecule has 0 aliphatic carbocycles. The fourth-order valence-electron chi connectivity index (χ4n) is 6.45. The second-order valence-electron chi connectivity index (χ2n) is 11.8. The van der Waals surface area contributed by atoms with Gasteiger partial charge in [0.25, 0.3) is 0 Å². The van der Waals surface area contributed by atoms with Crippen LogP contribution in [0.25, 0.3) is 0 Å². The molecule has 3 aliphatic rings. The van der Waals surface area contributed by atoms with Gasteiger partial charge in [0.2, 0.25) is 17.7 Å². The molecule has 4 rings (SSSR count). The average molecular weight is 516 g/mol. The van der Waals surface area contributed by atoms with Crippen LogP contribution in [0.3, 0.4) is 0 Å². The first-order valence-corrected chi connectivity index (χ1v) is 14.1. The summed E-state index contributed by atoms with van der Waals surface area (Å²) in [5, 5.41) is 15.3. The van der Waals surface area contributed by atoms with Crippen LogP contribution >= 0.6 is 11.8 Å². The highest BCUT2D eigenvalue weighted by atomic mass is 32.2. The molecular formula is C28H41N3O4S. The molecule has 0 radical (unpaired) electrons. The standard InChI is InChI=1S/C28H41N3O4S/c1-26(2,3)30-24(34)22-28-15-14-27(4,36-28)20(23(33)29-18-19-12-8-7-9-13-19)21(28)25(35)31(22)16-10-5-6-11-17-32/h7-9,12-13,20-22,32H,5-6,10-11,14-18H2,1-4H3,(H,29,33)(H,30,34)/t20-,21+,22?,27+,28?/m1/s1. The zero-order valence-electron chi connectivity index (χ0n) is 22.0. The summed E-state index contributed by atoms with van der Waals surface area (Å²) in [6.07, 6.45) is 4.88. The van der Waals surface area contributed by atoms with E-state index in [2.05, 4.69) is 17.6 Å². The van der Waals surface area contributed by atoms with Crippen molar-refractivity contribution in [3.05, 3.63) is 35.9 Å². The molecule has 1 spiro atoms. The third-order valence-electron chi connectivity index (χ3n) is 7.92. The van der Waals surface area contributed by atoms with E-state index in [4.69, 9.17) is 5.11 Å². The molecule has 3 saturated heterocycles. The quantitative estimate of drug-likeness (QED) is 0.416. The third-order valence-corrected chi connectivity index (χ3v) is 9.91. The number of aliphatic hydroxyl groups is 1. The first-order chi connectivity index (χ1) is 17.0. The molecule has 36 heavy (non-hydrogen) atoms. The molecule has 3 amide bonds. The highest BCUT2D eigenvalue weighted by Gasteiger charge is 2.77. The summed E-state index contributed by atoms with van der Waals surface area (Å²) in [6, 6.07) is 9.22. The van der Waals surface area contributed by atoms with Crippen LogP contribution in [-0.2, 0) is 20.9 Å². The van der Waals surface area contributed by atoms with Crippen LogP contribution in [0.15, 0.2) is 30.3 Å². The summed E-state index contributed by atoms with van der Waals surface area (Å²) in [5.74, 6) is -1.21. The van der Waals surface area contributed by atoms with Gasteiger partial charge in [-0.2, -0.15) is 0 Å². The number of benzene rings is 1. The van der Waals surface area contributed by atoms with Gasteiger partial charge < -0.3 is 20.6 Å². The van der Waals surface area contributed by atoms with E-state index < -0.39 is 28.2 Å². The topological polar surface area (TPSA) is 98.7 Å². The van der Waals surface area contributed by atoms with Crippen molar-refractivity contribution in [2.75, 3.05) is 13.2 Å². The molecule has 5 atom stereocenters. The highest BCUT2D eigenvalue weighted by Crippen LogP contribution is 2.71. The second-order valence-corrected chi connectivity index (χ2v) is 13.7. The lowest BCUT2D eigenvalue weighted by Crippen LogP contribution is -2.57. The Kier molecular flexibility index (Phi) is 7.77. The van der Waals surface area contributed by atoms with Crippen LogP contribution in [0.1, 0.15) is 71.8 Å². The van der Waals surface area contributed by atoms with Crippen LogP contribution in [-0.4, -0.2) is 62.0 Å². The maximum absolute atomic E-state index is 14.0. The predicted octanol–water partition coefficient (Wildman–Crippen LogP) is 3.25. The Morgan fingerprint density at radius 3 is 2.44 bits per heavy atom. The maximum Gasteiger partial charge on any atom is 0.244 e. The van der Waals surface area contributed by atoms with Crippen molar-refractivity contribution in [1.29, 1.82) is 0 Å². The fraction of sp³-hybridized carbons (Fsp3) is 0.679. The Labute approximate surface area is 219 Å². The highest BCUT2D eigenvalue weighted by molar-refractivity contribution is 8.02. The molecule has 7 nitrogen and oxygen atoms in total. The summed E-state index contributed by atoms with van der Waals surface area (Å²) >= 11 is 1.71. The monoisotopic (exact) mass is 515 g/mol. The van der Waals surface area contributed by atoms with Crippen molar-refractivity contribution in [2.24, 2.45) is 11.8 Å². The van der Waals surface area contributed by atoms with Gasteiger partial charge in [0.15, 0.2) is 0 Å². The summed E-state index contributed by atoms with van der Waals surface area (Å²) in [5.41, 5.74) is 0.602. The summed E-state index contributed by atoms with van der Waals surface area (Å²) < 4.78 is -0.949. The summed E-state index contributed by atoms with van der Waals surface area (Å²) in [7, 11) is 0. The maximum atomic E-state index is 14.0. The number of fused-ring (bicyclic) bond motifs is 1. The Hall–Kier alpha value is -2.06. The van der Waals surface area contributed by atoms with E-state index in [9.17, 15) is 14.4 Å². The van der Waals surface area contributed by atoms with Gasteiger partial charge >= 0.3 is 0 Å². The number of hydrogen-bond acceptors (Lipinski definition) is 5.